The molecule has 0 aromatic heterocycles. The lowest BCUT2D eigenvalue weighted by Gasteiger charge is -2.34. The van der Waals surface area contributed by atoms with Gasteiger partial charge < -0.3 is 0 Å². The van der Waals surface area contributed by atoms with Crippen LogP contribution in [0.4, 0.5) is 0 Å². The molecule has 0 nitrogen and oxygen atoms in total. The Bertz CT molecular complexity index is 128. The number of hydrogen-bond acceptors (Lipinski definition) is 0. The standard InChI is InChI=1S/C14H30.6CH4/c1-9(2)11(5)13(7)14(8)12(6)10(3)4;;;;;;/h9-14H,1-8H3;6*1H4. The van der Waals surface area contributed by atoms with Crippen LogP contribution in [0.25, 0.3) is 0 Å². The van der Waals surface area contributed by atoms with Gasteiger partial charge in [0.2, 0.25) is 0 Å². The lowest BCUT2D eigenvalue weighted by atomic mass is 9.72. The first-order chi connectivity index (χ1) is 6.29. The second kappa shape index (κ2) is 19.0. The van der Waals surface area contributed by atoms with Gasteiger partial charge in [-0.05, 0) is 35.5 Å². The van der Waals surface area contributed by atoms with Crippen LogP contribution < -0.4 is 0 Å². The maximum absolute atomic E-state index is 2.42. The van der Waals surface area contributed by atoms with Crippen LogP contribution in [-0.2, 0) is 0 Å². The topological polar surface area (TPSA) is 0 Å². The highest BCUT2D eigenvalue weighted by Crippen LogP contribution is 2.33. The van der Waals surface area contributed by atoms with Gasteiger partial charge in [-0.15, -0.1) is 0 Å². The fourth-order valence-corrected chi connectivity index (χ4v) is 2.17. The van der Waals surface area contributed by atoms with Crippen molar-refractivity contribution in [1.82, 2.24) is 0 Å². The molecule has 0 amide bonds. The molecule has 4 atom stereocenters. The summed E-state index contributed by atoms with van der Waals surface area (Å²) in [4.78, 5) is 0. The number of rotatable bonds is 5. The van der Waals surface area contributed by atoms with Crippen molar-refractivity contribution >= 4 is 0 Å². The summed E-state index contributed by atoms with van der Waals surface area (Å²) in [5.74, 6) is 4.98. The summed E-state index contributed by atoms with van der Waals surface area (Å²) in [5, 5.41) is 0. The predicted octanol–water partition coefficient (Wildman–Crippen LogP) is 8.66. The van der Waals surface area contributed by atoms with Crippen molar-refractivity contribution in [1.29, 1.82) is 0 Å². The molecule has 0 saturated carbocycles. The Morgan fingerprint density at radius 3 is 0.550 bits per heavy atom. The quantitative estimate of drug-likeness (QED) is 0.476. The van der Waals surface area contributed by atoms with Gasteiger partial charge in [0.1, 0.15) is 0 Å². The van der Waals surface area contributed by atoms with Gasteiger partial charge in [0.15, 0.2) is 0 Å². The average molecular weight is 295 g/mol. The predicted molar refractivity (Wildman–Crippen MR) is 107 cm³/mol. The molecule has 0 heteroatoms. The van der Waals surface area contributed by atoms with Crippen LogP contribution in [0.1, 0.15) is 99.9 Å². The lowest BCUT2D eigenvalue weighted by molar-refractivity contribution is 0.150. The summed E-state index contributed by atoms with van der Waals surface area (Å²) in [5.41, 5.74) is 0. The van der Waals surface area contributed by atoms with E-state index in [-0.39, 0.29) is 44.6 Å². The summed E-state index contributed by atoms with van der Waals surface area (Å²) < 4.78 is 0. The second-order valence-electron chi connectivity index (χ2n) is 5.92. The van der Waals surface area contributed by atoms with E-state index in [1.807, 2.05) is 0 Å². The molecule has 0 aromatic rings. The largest absolute Gasteiger partial charge is 0.0776 e. The van der Waals surface area contributed by atoms with Crippen LogP contribution >= 0.6 is 0 Å². The van der Waals surface area contributed by atoms with Gasteiger partial charge in [-0.1, -0.05) is 99.9 Å². The second-order valence-corrected chi connectivity index (χ2v) is 5.92. The molecule has 0 radical (unpaired) electrons. The van der Waals surface area contributed by atoms with Crippen molar-refractivity contribution < 1.29 is 0 Å². The molecule has 0 fully saturated rings. The van der Waals surface area contributed by atoms with Crippen LogP contribution in [0.3, 0.4) is 0 Å². The van der Waals surface area contributed by atoms with Gasteiger partial charge in [-0.25, -0.2) is 0 Å². The maximum Gasteiger partial charge on any atom is -0.0386 e. The molecule has 0 saturated heterocycles. The third-order valence-electron chi connectivity index (χ3n) is 4.59. The first-order valence-electron chi connectivity index (χ1n) is 6.29. The van der Waals surface area contributed by atoms with E-state index in [1.54, 1.807) is 0 Å². The SMILES string of the molecule is C.C.C.C.C.C.CC(C)C(C)C(C)C(C)C(C)C(C)C. The molecule has 0 rings (SSSR count). The molecule has 0 spiro atoms. The fraction of sp³-hybridized carbons (Fsp3) is 1.00. The average Bonchev–Trinajstić information content (AvgIpc) is 2.12. The lowest BCUT2D eigenvalue weighted by Crippen LogP contribution is -2.27. The zero-order chi connectivity index (χ0) is 11.5. The molecule has 0 aromatic carbocycles. The minimum atomic E-state index is 0. The first-order valence-corrected chi connectivity index (χ1v) is 6.29. The van der Waals surface area contributed by atoms with Crippen LogP contribution in [0.15, 0.2) is 0 Å². The highest BCUT2D eigenvalue weighted by atomic mass is 14.3. The van der Waals surface area contributed by atoms with Gasteiger partial charge in [0, 0.05) is 0 Å². The molecule has 0 N–H and O–H groups in total. The summed E-state index contributed by atoms with van der Waals surface area (Å²) in [7, 11) is 0. The monoisotopic (exact) mass is 294 g/mol. The Morgan fingerprint density at radius 2 is 0.450 bits per heavy atom. The summed E-state index contributed by atoms with van der Waals surface area (Å²) in [6, 6.07) is 0. The minimum Gasteiger partial charge on any atom is -0.0776 e. The van der Waals surface area contributed by atoms with Crippen LogP contribution in [0.5, 0.6) is 0 Å². The van der Waals surface area contributed by atoms with Crippen LogP contribution in [0.2, 0.25) is 0 Å². The maximum atomic E-state index is 2.42. The Labute approximate surface area is 136 Å². The van der Waals surface area contributed by atoms with E-state index in [4.69, 9.17) is 0 Å². The Kier molecular flexibility index (Phi) is 40.6. The van der Waals surface area contributed by atoms with Gasteiger partial charge in [0.05, 0.1) is 0 Å². The van der Waals surface area contributed by atoms with E-state index in [0.29, 0.717) is 0 Å². The van der Waals surface area contributed by atoms with Crippen molar-refractivity contribution in [2.45, 2.75) is 99.9 Å². The summed E-state index contributed by atoms with van der Waals surface area (Å²) >= 11 is 0. The van der Waals surface area contributed by atoms with E-state index in [0.717, 1.165) is 35.5 Å². The fourth-order valence-electron chi connectivity index (χ4n) is 2.17. The molecule has 4 unspecified atom stereocenters. The highest BCUT2D eigenvalue weighted by Gasteiger charge is 2.26. The van der Waals surface area contributed by atoms with Crippen molar-refractivity contribution in [2.24, 2.45) is 35.5 Å². The van der Waals surface area contributed by atoms with E-state index in [9.17, 15) is 0 Å². The molecule has 20 heavy (non-hydrogen) atoms. The van der Waals surface area contributed by atoms with Crippen molar-refractivity contribution in [3.8, 4) is 0 Å². The molecular weight excluding hydrogens is 240 g/mol. The number of hydrogen-bond donors (Lipinski definition) is 0. The van der Waals surface area contributed by atoms with Gasteiger partial charge in [-0.3, -0.25) is 0 Å². The Balaban J connectivity index is -0.0000000563. The molecule has 0 aliphatic heterocycles. The van der Waals surface area contributed by atoms with Gasteiger partial charge in [-0.2, -0.15) is 0 Å². The molecule has 0 bridgehead atoms. The molecular formula is C20H54. The van der Waals surface area contributed by atoms with Crippen LogP contribution in [-0.4, -0.2) is 0 Å². The molecule has 0 aliphatic rings. The zero-order valence-electron chi connectivity index (χ0n) is 11.5. The molecule has 0 aliphatic carbocycles. The first kappa shape index (κ1) is 42.7. The third kappa shape index (κ3) is 13.0. The summed E-state index contributed by atoms with van der Waals surface area (Å²) in [6.45, 7) is 19.0. The smallest absolute Gasteiger partial charge is 0.0386 e. The van der Waals surface area contributed by atoms with Crippen molar-refractivity contribution in [3.05, 3.63) is 0 Å². The minimum absolute atomic E-state index is 0. The normalized spacial score (nSPS) is 14.7. The van der Waals surface area contributed by atoms with E-state index in [1.165, 1.54) is 0 Å². The molecule has 0 heterocycles. The summed E-state index contributed by atoms with van der Waals surface area (Å²) in [6.07, 6.45) is 0. The zero-order valence-corrected chi connectivity index (χ0v) is 11.5. The van der Waals surface area contributed by atoms with E-state index < -0.39 is 0 Å². The molecule has 134 valence electrons. The van der Waals surface area contributed by atoms with Gasteiger partial charge in [0.25, 0.3) is 0 Å². The van der Waals surface area contributed by atoms with Gasteiger partial charge >= 0.3 is 0 Å². The van der Waals surface area contributed by atoms with E-state index >= 15 is 0 Å². The van der Waals surface area contributed by atoms with Crippen molar-refractivity contribution in [2.75, 3.05) is 0 Å². The Hall–Kier alpha value is 0. The van der Waals surface area contributed by atoms with Crippen molar-refractivity contribution in [3.63, 3.8) is 0 Å². The highest BCUT2D eigenvalue weighted by molar-refractivity contribution is 4.75. The van der Waals surface area contributed by atoms with E-state index in [2.05, 4.69) is 55.4 Å². The Morgan fingerprint density at radius 1 is 0.300 bits per heavy atom. The third-order valence-corrected chi connectivity index (χ3v) is 4.59. The van der Waals surface area contributed by atoms with Crippen LogP contribution in [0, 0.1) is 35.5 Å².